The summed E-state index contributed by atoms with van der Waals surface area (Å²) >= 11 is 0. The number of para-hydroxylation sites is 1. The van der Waals surface area contributed by atoms with E-state index in [1.54, 1.807) is 36.4 Å². The van der Waals surface area contributed by atoms with Gasteiger partial charge in [0.25, 0.3) is 0 Å². The monoisotopic (exact) mass is 2170 g/mol. The van der Waals surface area contributed by atoms with Crippen LogP contribution in [-0.4, -0.2) is 122 Å². The molecule has 0 aliphatic rings. The molecule has 0 bridgehead atoms. The quantitative estimate of drug-likeness (QED) is 0.00778. The number of rotatable bonds is 32. The predicted molar refractivity (Wildman–Crippen MR) is 548 cm³/mol. The maximum atomic E-state index is 12.9. The van der Waals surface area contributed by atoms with E-state index in [2.05, 4.69) is 383 Å². The Labute approximate surface area is 864 Å². The minimum absolute atomic E-state index is 0.00623. The van der Waals surface area contributed by atoms with Gasteiger partial charge in [0.05, 0.1) is 56.8 Å². The SMILES string of the molecule is O=C(OCCCCCCO)C(F)(F)S(=O)(=O)[O-].O=C(OCCc1cccc2ccccc12)C(F)(F)S(=O)(=O)[O-].O=C(OCc1ccccc1)C(F)(F)S(=O)(=O)[O-].O=C(Oc1ccccc1)C(F)(F)S(=O)(=O)[O-].c1ccc([S+](c2ccccc2)c2ccccc2)cc1.c1ccc([S+](c2ccccc2)c2ccccc2)cc1.c1ccc([S+](c2ccccc2)c2ccccc2)cc1.c1ccc([S+](c2ccccc2)c2ccccc2)cc1. The van der Waals surface area contributed by atoms with E-state index >= 15 is 0 Å². The average Bonchev–Trinajstić information content (AvgIpc) is 0.738. The van der Waals surface area contributed by atoms with Crippen LogP contribution < -0.4 is 4.74 Å². The van der Waals surface area contributed by atoms with Crippen LogP contribution in [0, 0.1) is 0 Å². The number of carbonyl (C=O) groups excluding carboxylic acids is 4. The molecule has 0 fully saturated rings. The van der Waals surface area contributed by atoms with E-state index in [1.165, 1.54) is 89.1 Å². The van der Waals surface area contributed by atoms with Gasteiger partial charge in [-0.15, -0.1) is 0 Å². The molecule has 770 valence electrons. The summed E-state index contributed by atoms with van der Waals surface area (Å²) in [5.41, 5.74) is 1.14. The second-order valence-corrected chi connectivity index (χ2v) is 44.2. The van der Waals surface area contributed by atoms with Crippen molar-refractivity contribution in [3.63, 3.8) is 0 Å². The molecule has 0 spiro atoms. The van der Waals surface area contributed by atoms with Crippen molar-refractivity contribution in [2.45, 2.75) is 118 Å². The predicted octanol–water partition coefficient (Wildman–Crippen LogP) is 23.0. The Kier molecular flexibility index (Phi) is 46.6. The highest BCUT2D eigenvalue weighted by Gasteiger charge is 2.52. The Balaban J connectivity index is 0.000000188. The largest absolute Gasteiger partial charge is 0.743 e. The Hall–Kier alpha value is -13.9. The van der Waals surface area contributed by atoms with E-state index in [0.29, 0.717) is 24.8 Å². The van der Waals surface area contributed by atoms with Crippen molar-refractivity contribution in [1.29, 1.82) is 0 Å². The van der Waals surface area contributed by atoms with Crippen LogP contribution in [0.15, 0.2) is 526 Å². The smallest absolute Gasteiger partial charge is 0.429 e. The fourth-order valence-electron chi connectivity index (χ4n) is 12.8. The second kappa shape index (κ2) is 58.6. The molecule has 16 aromatic rings. The highest BCUT2D eigenvalue weighted by Crippen LogP contribution is 2.37. The summed E-state index contributed by atoms with van der Waals surface area (Å²) in [5, 5.41) is -10.1. The van der Waals surface area contributed by atoms with Crippen molar-refractivity contribution in [3.05, 3.63) is 478 Å². The maximum Gasteiger partial charge on any atom is 0.429 e. The number of unbranched alkanes of at least 4 members (excludes halogenated alkanes) is 3. The van der Waals surface area contributed by atoms with Crippen LogP contribution in [0.3, 0.4) is 0 Å². The number of hydrogen-bond acceptors (Lipinski definition) is 21. The number of ether oxygens (including phenoxy) is 4. The van der Waals surface area contributed by atoms with Crippen molar-refractivity contribution < 1.29 is 130 Å². The Morgan fingerprint density at radius 3 is 0.709 bits per heavy atom. The van der Waals surface area contributed by atoms with Crippen LogP contribution in [0.5, 0.6) is 5.75 Å². The zero-order valence-electron chi connectivity index (χ0n) is 78.2. The molecule has 0 atom stereocenters. The van der Waals surface area contributed by atoms with Gasteiger partial charge in [0.2, 0.25) is 0 Å². The third-order valence-corrected chi connectivity index (χ3v) is 32.0. The van der Waals surface area contributed by atoms with Gasteiger partial charge in [-0.1, -0.05) is 316 Å². The summed E-state index contributed by atoms with van der Waals surface area (Å²) < 4.78 is 239. The van der Waals surface area contributed by atoms with Gasteiger partial charge >= 0.3 is 44.9 Å². The second-order valence-electron chi connectivity index (χ2n) is 30.4. The van der Waals surface area contributed by atoms with E-state index in [4.69, 9.17) is 5.11 Å². The van der Waals surface area contributed by atoms with E-state index in [9.17, 15) is 106 Å². The van der Waals surface area contributed by atoms with E-state index < -0.39 is 105 Å². The van der Waals surface area contributed by atoms with Gasteiger partial charge < -0.3 is 42.3 Å². The van der Waals surface area contributed by atoms with Crippen LogP contribution in [0.4, 0.5) is 35.1 Å². The van der Waals surface area contributed by atoms with Crippen molar-refractivity contribution in [2.75, 3.05) is 19.8 Å². The average molecular weight is 2170 g/mol. The number of hydrogen-bond donors (Lipinski definition) is 1. The lowest BCUT2D eigenvalue weighted by Gasteiger charge is -2.18. The zero-order chi connectivity index (χ0) is 107. The molecule has 148 heavy (non-hydrogen) atoms. The van der Waals surface area contributed by atoms with E-state index in [-0.39, 0.29) is 68.8 Å². The fraction of sp³-hybridized carbons (Fsp3) is 0.117. The molecule has 0 heterocycles. The Bertz CT molecular complexity index is 6360. The molecule has 16 rings (SSSR count). The first-order valence-corrected chi connectivity index (χ1v) is 55.1. The molecule has 1 N–H and O–H groups in total. The molecule has 0 saturated heterocycles. The molecule has 16 aromatic carbocycles. The molecule has 21 nitrogen and oxygen atoms in total. The number of aliphatic hydroxyl groups is 1. The van der Waals surface area contributed by atoms with Crippen LogP contribution >= 0.6 is 0 Å². The fourth-order valence-corrected chi connectivity index (χ4v) is 22.3. The maximum absolute atomic E-state index is 12.9. The molecule has 0 saturated carbocycles. The molecule has 37 heteroatoms. The summed E-state index contributed by atoms with van der Waals surface area (Å²) in [7, 11) is -24.3. The van der Waals surface area contributed by atoms with Crippen molar-refractivity contribution in [2.24, 2.45) is 0 Å². The first-order chi connectivity index (χ1) is 70.8. The van der Waals surface area contributed by atoms with Gasteiger partial charge in [-0.2, -0.15) is 35.1 Å². The number of alkyl halides is 8. The number of fused-ring (bicyclic) bond motifs is 1. The lowest BCUT2D eigenvalue weighted by atomic mass is 10.0. The topological polar surface area (TPSA) is 354 Å². The minimum atomic E-state index is -6.09. The first kappa shape index (κ1) is 118. The molecular weight excluding hydrogens is 2080 g/mol. The Morgan fingerprint density at radius 1 is 0.243 bits per heavy atom. The summed E-state index contributed by atoms with van der Waals surface area (Å²) in [6, 6.07) is 156. The summed E-state index contributed by atoms with van der Waals surface area (Å²) in [5.74, 6) is -9.79. The molecule has 0 aromatic heterocycles. The third kappa shape index (κ3) is 36.3. The van der Waals surface area contributed by atoms with Crippen LogP contribution in [0.25, 0.3) is 10.8 Å². The summed E-state index contributed by atoms with van der Waals surface area (Å²) in [6.07, 6.45) is 2.07. The van der Waals surface area contributed by atoms with Crippen LogP contribution in [-0.2, 0) is 130 Å². The molecule has 0 aliphatic heterocycles. The Morgan fingerprint density at radius 2 is 0.453 bits per heavy atom. The highest BCUT2D eigenvalue weighted by atomic mass is 32.2. The zero-order valence-corrected chi connectivity index (χ0v) is 84.8. The number of carbonyl (C=O) groups is 4. The van der Waals surface area contributed by atoms with Gasteiger partial charge in [0.1, 0.15) is 12.4 Å². The summed E-state index contributed by atoms with van der Waals surface area (Å²) in [6.45, 7) is -1.38. The lowest BCUT2D eigenvalue weighted by Crippen LogP contribution is -2.40. The first-order valence-electron chi connectivity index (χ1n) is 44.6. The van der Waals surface area contributed by atoms with Crippen LogP contribution in [0.1, 0.15) is 36.8 Å². The van der Waals surface area contributed by atoms with Gasteiger partial charge in [0.15, 0.2) is 99.2 Å². The molecule has 0 aliphatic carbocycles. The van der Waals surface area contributed by atoms with Crippen molar-refractivity contribution in [3.8, 4) is 5.75 Å². The van der Waals surface area contributed by atoms with Gasteiger partial charge in [-0.05, 0) is 199 Å². The van der Waals surface area contributed by atoms with Gasteiger partial charge in [-0.3, -0.25) is 0 Å². The highest BCUT2D eigenvalue weighted by molar-refractivity contribution is 7.98. The minimum Gasteiger partial charge on any atom is -0.743 e. The van der Waals surface area contributed by atoms with Gasteiger partial charge in [-0.25, -0.2) is 52.8 Å². The standard InChI is InChI=1S/4C18H15S.C14H12F2O5S.C9H8F2O5S.C8H14F2O6S.C8H6F2O5S/c4*1-4-10-16(11-5-1)19(17-12-6-2-7-13-17)18-14-8-3-9-15-18;15-14(16,22(18,19)20)13(17)21-9-8-11-6-3-5-10-4-1-2-7-12(10)11;10-9(11,17(13,14)15)8(12)16-6-7-4-2-1-3-5-7;9-8(10,17(13,14)15)7(12)16-6-4-2-1-3-5-11;9-8(10,16(12,13)14)7(11)15-6-4-2-1-3-5-6/h4*1-15H;1-7H,8-9H2,(H,18,19,20);1-5H,6H2,(H,13,14,15);11H,1-6H2,(H,13,14,15);1-5H,(H,12,13,14)/q4*+1;;;;/p-4. The van der Waals surface area contributed by atoms with E-state index in [0.717, 1.165) is 28.5 Å². The molecule has 0 unspecified atom stereocenters. The normalized spacial score (nSPS) is 11.4. The molecular formula is C111H96F8O21S8. The van der Waals surface area contributed by atoms with E-state index in [1.807, 2.05) is 24.3 Å². The van der Waals surface area contributed by atoms with Gasteiger partial charge in [0, 0.05) is 13.0 Å². The summed E-state index contributed by atoms with van der Waals surface area (Å²) in [4.78, 5) is 59.4. The molecule has 0 amide bonds. The van der Waals surface area contributed by atoms with Crippen LogP contribution in [0.2, 0.25) is 0 Å². The van der Waals surface area contributed by atoms with Crippen molar-refractivity contribution in [1.82, 2.24) is 0 Å². The lowest BCUT2D eigenvalue weighted by molar-refractivity contribution is -0.163. The number of aliphatic hydroxyl groups excluding tert-OH is 1. The molecule has 0 radical (unpaired) electrons. The van der Waals surface area contributed by atoms with Crippen molar-refractivity contribution >= 4 is 119 Å². The number of esters is 4. The number of halogens is 8. The third-order valence-electron chi connectivity index (χ3n) is 19.9. The number of benzene rings is 16.